The lowest BCUT2D eigenvalue weighted by Gasteiger charge is -2.29. The Balaban J connectivity index is 1.76. The summed E-state index contributed by atoms with van der Waals surface area (Å²) in [5, 5.41) is 2.87. The third-order valence-corrected chi connectivity index (χ3v) is 4.91. The van der Waals surface area contributed by atoms with E-state index in [0.717, 1.165) is 10.6 Å². The van der Waals surface area contributed by atoms with Crippen LogP contribution in [-0.4, -0.2) is 21.5 Å². The van der Waals surface area contributed by atoms with E-state index in [1.54, 1.807) is 41.1 Å². The van der Waals surface area contributed by atoms with Gasteiger partial charge in [-0.15, -0.1) is 0 Å². The van der Waals surface area contributed by atoms with Crippen LogP contribution in [0.15, 0.2) is 72.4 Å². The molecule has 0 atom stereocenters. The molecule has 0 unspecified atom stereocenters. The first-order chi connectivity index (χ1) is 14.0. The van der Waals surface area contributed by atoms with Crippen molar-refractivity contribution in [3.8, 4) is 5.69 Å². The van der Waals surface area contributed by atoms with Crippen molar-refractivity contribution in [3.63, 3.8) is 0 Å². The van der Waals surface area contributed by atoms with Crippen LogP contribution in [-0.2, 0) is 9.59 Å². The number of halogens is 2. The van der Waals surface area contributed by atoms with Gasteiger partial charge in [0.15, 0.2) is 5.11 Å². The topological polar surface area (TPSA) is 54.3 Å². The molecule has 8 heteroatoms. The third-order valence-electron chi connectivity index (χ3n) is 4.37. The van der Waals surface area contributed by atoms with Gasteiger partial charge < -0.3 is 4.57 Å². The van der Waals surface area contributed by atoms with Crippen molar-refractivity contribution in [1.29, 1.82) is 0 Å². The molecule has 1 fully saturated rings. The zero-order valence-corrected chi connectivity index (χ0v) is 16.4. The molecule has 0 radical (unpaired) electrons. The molecule has 0 aliphatic carbocycles. The van der Waals surface area contributed by atoms with Gasteiger partial charge in [-0.05, 0) is 66.8 Å². The van der Waals surface area contributed by atoms with Crippen LogP contribution in [0.1, 0.15) is 5.69 Å². The molecular weight excluding hydrogens is 413 g/mol. The molecule has 3 aromatic rings. The molecular formula is C21H13ClFN3O2S. The van der Waals surface area contributed by atoms with Crippen molar-refractivity contribution in [2.75, 3.05) is 4.90 Å². The van der Waals surface area contributed by atoms with Gasteiger partial charge in [-0.2, -0.15) is 0 Å². The number of hydrogen-bond acceptors (Lipinski definition) is 3. The van der Waals surface area contributed by atoms with Gasteiger partial charge in [0.1, 0.15) is 11.4 Å². The first kappa shape index (κ1) is 19.0. The molecule has 4 rings (SSSR count). The fourth-order valence-electron chi connectivity index (χ4n) is 3.01. The Kier molecular flexibility index (Phi) is 5.00. The Hall–Kier alpha value is -3.29. The number of nitrogens with zero attached hydrogens (tertiary/aromatic N) is 2. The molecule has 1 saturated heterocycles. The second-order valence-corrected chi connectivity index (χ2v) is 7.01. The largest absolute Gasteiger partial charge is 0.317 e. The van der Waals surface area contributed by atoms with E-state index in [1.807, 2.05) is 12.1 Å². The number of amides is 2. The highest BCUT2D eigenvalue weighted by atomic mass is 35.5. The smallest absolute Gasteiger partial charge is 0.270 e. The lowest BCUT2D eigenvalue weighted by atomic mass is 10.1. The van der Waals surface area contributed by atoms with E-state index >= 15 is 0 Å². The van der Waals surface area contributed by atoms with Crippen LogP contribution in [0.3, 0.4) is 0 Å². The Morgan fingerprint density at radius 2 is 1.72 bits per heavy atom. The van der Waals surface area contributed by atoms with Gasteiger partial charge in [-0.1, -0.05) is 23.7 Å². The fraction of sp³-hybridized carbons (Fsp3) is 0. The predicted molar refractivity (Wildman–Crippen MR) is 113 cm³/mol. The minimum Gasteiger partial charge on any atom is -0.317 e. The summed E-state index contributed by atoms with van der Waals surface area (Å²) in [4.78, 5) is 26.5. The number of hydrogen-bond donors (Lipinski definition) is 1. The molecule has 144 valence electrons. The average molecular weight is 426 g/mol. The van der Waals surface area contributed by atoms with Crippen LogP contribution in [0.5, 0.6) is 0 Å². The zero-order valence-electron chi connectivity index (χ0n) is 14.8. The molecule has 1 aromatic heterocycles. The number of carbonyl (C=O) groups is 2. The normalized spacial score (nSPS) is 15.7. The van der Waals surface area contributed by atoms with Crippen LogP contribution in [0, 0.1) is 5.82 Å². The van der Waals surface area contributed by atoms with E-state index in [9.17, 15) is 14.0 Å². The summed E-state index contributed by atoms with van der Waals surface area (Å²) in [5.74, 6) is -1.97. The number of nitrogens with one attached hydrogen (secondary N) is 1. The van der Waals surface area contributed by atoms with E-state index in [0.29, 0.717) is 10.7 Å². The molecule has 1 aliphatic rings. The van der Waals surface area contributed by atoms with E-state index in [4.69, 9.17) is 23.8 Å². The highest BCUT2D eigenvalue weighted by molar-refractivity contribution is 7.80. The zero-order chi connectivity index (χ0) is 20.5. The monoisotopic (exact) mass is 425 g/mol. The predicted octanol–water partition coefficient (Wildman–Crippen LogP) is 4.10. The van der Waals surface area contributed by atoms with Crippen molar-refractivity contribution in [1.82, 2.24) is 9.88 Å². The molecule has 1 aliphatic heterocycles. The second kappa shape index (κ2) is 7.62. The van der Waals surface area contributed by atoms with Crippen molar-refractivity contribution in [2.24, 2.45) is 0 Å². The summed E-state index contributed by atoms with van der Waals surface area (Å²) in [6.45, 7) is 0. The van der Waals surface area contributed by atoms with Crippen LogP contribution in [0.2, 0.25) is 5.02 Å². The number of anilines is 1. The second-order valence-electron chi connectivity index (χ2n) is 6.19. The molecule has 29 heavy (non-hydrogen) atoms. The summed E-state index contributed by atoms with van der Waals surface area (Å²) in [5.41, 5.74) is 1.21. The summed E-state index contributed by atoms with van der Waals surface area (Å²) in [6, 6.07) is 16.4. The summed E-state index contributed by atoms with van der Waals surface area (Å²) in [7, 11) is 0. The number of aromatic nitrogens is 1. The number of benzene rings is 2. The van der Waals surface area contributed by atoms with Gasteiger partial charge in [0.2, 0.25) is 0 Å². The lowest BCUT2D eigenvalue weighted by Crippen LogP contribution is -2.54. The lowest BCUT2D eigenvalue weighted by molar-refractivity contribution is -0.122. The SMILES string of the molecule is O=C1NC(=S)N(c2ccccc2F)C(=O)/C1=C/c1cccn1-c1ccc(Cl)cc1. The van der Waals surface area contributed by atoms with Crippen LogP contribution >= 0.6 is 23.8 Å². The Labute approximate surface area is 176 Å². The van der Waals surface area contributed by atoms with E-state index in [-0.39, 0.29) is 16.4 Å². The number of rotatable bonds is 3. The minimum atomic E-state index is -0.701. The first-order valence-corrected chi connectivity index (χ1v) is 9.33. The molecule has 0 bridgehead atoms. The van der Waals surface area contributed by atoms with Crippen LogP contribution in [0.4, 0.5) is 10.1 Å². The maximum Gasteiger partial charge on any atom is 0.270 e. The maximum atomic E-state index is 14.2. The molecule has 2 amide bonds. The van der Waals surface area contributed by atoms with Gasteiger partial charge in [0.05, 0.1) is 5.69 Å². The van der Waals surface area contributed by atoms with Gasteiger partial charge >= 0.3 is 0 Å². The number of thiocarbonyl (C=S) groups is 1. The van der Waals surface area contributed by atoms with E-state index < -0.39 is 17.6 Å². The molecule has 0 saturated carbocycles. The summed E-state index contributed by atoms with van der Waals surface area (Å²) < 4.78 is 16.0. The maximum absolute atomic E-state index is 14.2. The first-order valence-electron chi connectivity index (χ1n) is 8.55. The van der Waals surface area contributed by atoms with Crippen molar-refractivity contribution < 1.29 is 14.0 Å². The van der Waals surface area contributed by atoms with Crippen LogP contribution in [0.25, 0.3) is 11.8 Å². The summed E-state index contributed by atoms with van der Waals surface area (Å²) in [6.07, 6.45) is 3.24. The molecule has 2 aromatic carbocycles. The Morgan fingerprint density at radius 3 is 2.45 bits per heavy atom. The van der Waals surface area contributed by atoms with Crippen molar-refractivity contribution in [2.45, 2.75) is 0 Å². The Morgan fingerprint density at radius 1 is 1.00 bits per heavy atom. The summed E-state index contributed by atoms with van der Waals surface area (Å²) >= 11 is 11.0. The van der Waals surface area contributed by atoms with Gasteiger partial charge in [0, 0.05) is 22.6 Å². The molecule has 0 spiro atoms. The number of carbonyl (C=O) groups excluding carboxylic acids is 2. The average Bonchev–Trinajstić information content (AvgIpc) is 3.15. The highest BCUT2D eigenvalue weighted by Gasteiger charge is 2.35. The fourth-order valence-corrected chi connectivity index (χ4v) is 3.41. The van der Waals surface area contributed by atoms with Gasteiger partial charge in [0.25, 0.3) is 11.8 Å². The minimum absolute atomic E-state index is 0.0264. The highest BCUT2D eigenvalue weighted by Crippen LogP contribution is 2.25. The van der Waals surface area contributed by atoms with Crippen LogP contribution < -0.4 is 10.2 Å². The van der Waals surface area contributed by atoms with E-state index in [2.05, 4.69) is 5.32 Å². The molecule has 5 nitrogen and oxygen atoms in total. The number of para-hydroxylation sites is 1. The van der Waals surface area contributed by atoms with Gasteiger partial charge in [-0.3, -0.25) is 14.9 Å². The van der Waals surface area contributed by atoms with E-state index in [1.165, 1.54) is 24.3 Å². The quantitative estimate of drug-likeness (QED) is 0.390. The molecule has 1 N–H and O–H groups in total. The third kappa shape index (κ3) is 3.57. The van der Waals surface area contributed by atoms with Crippen molar-refractivity contribution >= 4 is 52.5 Å². The van der Waals surface area contributed by atoms with Gasteiger partial charge in [-0.25, -0.2) is 9.29 Å². The standard InChI is InChI=1S/C21H13ClFN3O2S/c22-13-7-9-14(10-8-13)25-11-3-4-15(25)12-16-19(27)24-21(29)26(20(16)28)18-6-2-1-5-17(18)23/h1-12H,(H,24,27,29)/b16-12+. The van der Waals surface area contributed by atoms with Crippen molar-refractivity contribution in [3.05, 3.63) is 89.0 Å². The molecule has 2 heterocycles. The Bertz CT molecular complexity index is 1170.